The van der Waals surface area contributed by atoms with Crippen molar-refractivity contribution < 1.29 is 14.3 Å². The summed E-state index contributed by atoms with van der Waals surface area (Å²) in [5.74, 6) is 1.50. The van der Waals surface area contributed by atoms with E-state index in [1.165, 1.54) is 5.56 Å². The molecule has 2 rings (SSSR count). The van der Waals surface area contributed by atoms with Gasteiger partial charge in [0.2, 0.25) is 0 Å². The van der Waals surface area contributed by atoms with Crippen LogP contribution in [0.15, 0.2) is 54.6 Å². The number of carbonyl (C=O) groups excluding carboxylic acids is 1. The summed E-state index contributed by atoms with van der Waals surface area (Å²) in [4.78, 5) is 12.0. The standard InChI is InChI=1S/C20H25NO3/c1-3-23-18-13-11-17(12-14-18)8-7-15-21-20(22)16(2)24-19-9-5-4-6-10-19/h4-6,9-14,16H,3,7-8,15H2,1-2H3,(H,21,22)/t16-/m0/s1. The number of hydrogen-bond donors (Lipinski definition) is 1. The molecule has 0 heterocycles. The molecule has 1 N–H and O–H groups in total. The minimum Gasteiger partial charge on any atom is -0.494 e. The second-order valence-corrected chi connectivity index (χ2v) is 5.54. The minimum atomic E-state index is -0.502. The van der Waals surface area contributed by atoms with Gasteiger partial charge >= 0.3 is 0 Å². The van der Waals surface area contributed by atoms with E-state index in [2.05, 4.69) is 17.4 Å². The Balaban J connectivity index is 1.66. The van der Waals surface area contributed by atoms with Crippen LogP contribution in [0.3, 0.4) is 0 Å². The summed E-state index contributed by atoms with van der Waals surface area (Å²) in [5.41, 5.74) is 1.24. The molecule has 2 aromatic rings. The third kappa shape index (κ3) is 5.95. The Bertz CT molecular complexity index is 611. The van der Waals surface area contributed by atoms with Crippen LogP contribution >= 0.6 is 0 Å². The van der Waals surface area contributed by atoms with Crippen LogP contribution < -0.4 is 14.8 Å². The third-order valence-electron chi connectivity index (χ3n) is 3.60. The first-order valence-corrected chi connectivity index (χ1v) is 8.40. The Kier molecular flexibility index (Phi) is 7.15. The van der Waals surface area contributed by atoms with Gasteiger partial charge in [-0.2, -0.15) is 0 Å². The molecule has 0 aliphatic heterocycles. The summed E-state index contributed by atoms with van der Waals surface area (Å²) in [5, 5.41) is 2.92. The molecule has 1 amide bonds. The SMILES string of the molecule is CCOc1ccc(CCCNC(=O)[C@H](C)Oc2ccccc2)cc1. The van der Waals surface area contributed by atoms with E-state index in [4.69, 9.17) is 9.47 Å². The summed E-state index contributed by atoms with van der Waals surface area (Å²) in [6.07, 6.45) is 1.30. The zero-order chi connectivity index (χ0) is 17.2. The number of amides is 1. The largest absolute Gasteiger partial charge is 0.494 e. The second kappa shape index (κ2) is 9.60. The number of ether oxygens (including phenoxy) is 2. The van der Waals surface area contributed by atoms with Crippen molar-refractivity contribution in [3.8, 4) is 11.5 Å². The Labute approximate surface area is 143 Å². The fourth-order valence-corrected chi connectivity index (χ4v) is 2.32. The van der Waals surface area contributed by atoms with Crippen molar-refractivity contribution >= 4 is 5.91 Å². The lowest BCUT2D eigenvalue weighted by molar-refractivity contribution is -0.127. The molecule has 0 saturated carbocycles. The molecule has 0 aromatic heterocycles. The first-order chi connectivity index (χ1) is 11.7. The van der Waals surface area contributed by atoms with Gasteiger partial charge in [-0.25, -0.2) is 0 Å². The van der Waals surface area contributed by atoms with Gasteiger partial charge in [-0.3, -0.25) is 4.79 Å². The summed E-state index contributed by atoms with van der Waals surface area (Å²) in [6.45, 7) is 5.04. The fourth-order valence-electron chi connectivity index (χ4n) is 2.32. The molecule has 0 bridgehead atoms. The highest BCUT2D eigenvalue weighted by molar-refractivity contribution is 5.80. The van der Waals surface area contributed by atoms with Gasteiger partial charge in [-0.1, -0.05) is 30.3 Å². The predicted octanol–water partition coefficient (Wildman–Crippen LogP) is 3.60. The van der Waals surface area contributed by atoms with Gasteiger partial charge in [-0.15, -0.1) is 0 Å². The zero-order valence-corrected chi connectivity index (χ0v) is 14.3. The van der Waals surface area contributed by atoms with Gasteiger partial charge in [0.15, 0.2) is 6.10 Å². The molecule has 128 valence electrons. The van der Waals surface area contributed by atoms with Crippen molar-refractivity contribution in [2.24, 2.45) is 0 Å². The maximum Gasteiger partial charge on any atom is 0.260 e. The van der Waals surface area contributed by atoms with E-state index in [0.29, 0.717) is 18.9 Å². The van der Waals surface area contributed by atoms with E-state index in [0.717, 1.165) is 18.6 Å². The van der Waals surface area contributed by atoms with Gasteiger partial charge in [0, 0.05) is 6.54 Å². The summed E-state index contributed by atoms with van der Waals surface area (Å²) in [6, 6.07) is 17.5. The number of rotatable bonds is 9. The van der Waals surface area contributed by atoms with Gasteiger partial charge < -0.3 is 14.8 Å². The van der Waals surface area contributed by atoms with Crippen molar-refractivity contribution in [2.75, 3.05) is 13.2 Å². The highest BCUT2D eigenvalue weighted by Crippen LogP contribution is 2.13. The lowest BCUT2D eigenvalue weighted by Gasteiger charge is -2.14. The van der Waals surface area contributed by atoms with Crippen molar-refractivity contribution in [3.63, 3.8) is 0 Å². The molecule has 24 heavy (non-hydrogen) atoms. The highest BCUT2D eigenvalue weighted by Gasteiger charge is 2.13. The number of aryl methyl sites for hydroxylation is 1. The first kappa shape index (κ1) is 17.9. The Morgan fingerprint density at radius 2 is 1.75 bits per heavy atom. The smallest absolute Gasteiger partial charge is 0.260 e. The zero-order valence-electron chi connectivity index (χ0n) is 14.3. The molecule has 0 fully saturated rings. The quantitative estimate of drug-likeness (QED) is 0.716. The molecule has 2 aromatic carbocycles. The number of hydrogen-bond acceptors (Lipinski definition) is 3. The van der Waals surface area contributed by atoms with Crippen molar-refractivity contribution in [1.29, 1.82) is 0 Å². The first-order valence-electron chi connectivity index (χ1n) is 8.40. The predicted molar refractivity (Wildman–Crippen MR) is 95.5 cm³/mol. The van der Waals surface area contributed by atoms with Gasteiger partial charge in [0.1, 0.15) is 11.5 Å². The van der Waals surface area contributed by atoms with E-state index in [1.54, 1.807) is 6.92 Å². The van der Waals surface area contributed by atoms with Crippen LogP contribution in [-0.4, -0.2) is 25.2 Å². The number of carbonyl (C=O) groups is 1. The minimum absolute atomic E-state index is 0.0921. The van der Waals surface area contributed by atoms with Crippen molar-refractivity contribution in [1.82, 2.24) is 5.32 Å². The van der Waals surface area contributed by atoms with Crippen LogP contribution in [0.2, 0.25) is 0 Å². The lowest BCUT2D eigenvalue weighted by Crippen LogP contribution is -2.36. The Hall–Kier alpha value is -2.49. The molecular weight excluding hydrogens is 302 g/mol. The third-order valence-corrected chi connectivity index (χ3v) is 3.60. The molecule has 0 saturated heterocycles. The fraction of sp³-hybridized carbons (Fsp3) is 0.350. The van der Waals surface area contributed by atoms with E-state index in [-0.39, 0.29) is 5.91 Å². The van der Waals surface area contributed by atoms with Crippen molar-refractivity contribution in [3.05, 3.63) is 60.2 Å². The van der Waals surface area contributed by atoms with E-state index in [9.17, 15) is 4.79 Å². The molecule has 1 atom stereocenters. The topological polar surface area (TPSA) is 47.6 Å². The van der Waals surface area contributed by atoms with Gasteiger partial charge in [0.05, 0.1) is 6.61 Å². The average Bonchev–Trinajstić information content (AvgIpc) is 2.61. The van der Waals surface area contributed by atoms with Crippen LogP contribution in [0, 0.1) is 0 Å². The summed E-state index contributed by atoms with van der Waals surface area (Å²) in [7, 11) is 0. The monoisotopic (exact) mass is 327 g/mol. The molecule has 0 aliphatic rings. The summed E-state index contributed by atoms with van der Waals surface area (Å²) < 4.78 is 11.0. The molecule has 4 heteroatoms. The van der Waals surface area contributed by atoms with Crippen LogP contribution in [0.1, 0.15) is 25.8 Å². The van der Waals surface area contributed by atoms with E-state index >= 15 is 0 Å². The highest BCUT2D eigenvalue weighted by atomic mass is 16.5. The van der Waals surface area contributed by atoms with Crippen LogP contribution in [0.25, 0.3) is 0 Å². The maximum absolute atomic E-state index is 12.0. The maximum atomic E-state index is 12.0. The Morgan fingerprint density at radius 1 is 1.04 bits per heavy atom. The molecule has 0 unspecified atom stereocenters. The number of benzene rings is 2. The van der Waals surface area contributed by atoms with E-state index in [1.807, 2.05) is 49.4 Å². The number of para-hydroxylation sites is 1. The average molecular weight is 327 g/mol. The lowest BCUT2D eigenvalue weighted by atomic mass is 10.1. The van der Waals surface area contributed by atoms with Crippen LogP contribution in [0.4, 0.5) is 0 Å². The molecule has 4 nitrogen and oxygen atoms in total. The van der Waals surface area contributed by atoms with Crippen LogP contribution in [-0.2, 0) is 11.2 Å². The second-order valence-electron chi connectivity index (χ2n) is 5.54. The van der Waals surface area contributed by atoms with Crippen molar-refractivity contribution in [2.45, 2.75) is 32.8 Å². The van der Waals surface area contributed by atoms with Crippen LogP contribution in [0.5, 0.6) is 11.5 Å². The molecule has 0 aliphatic carbocycles. The van der Waals surface area contributed by atoms with E-state index < -0.39 is 6.10 Å². The van der Waals surface area contributed by atoms with Gasteiger partial charge in [-0.05, 0) is 56.5 Å². The number of nitrogens with one attached hydrogen (secondary N) is 1. The van der Waals surface area contributed by atoms with Gasteiger partial charge in [0.25, 0.3) is 5.91 Å². The normalized spacial score (nSPS) is 11.6. The Morgan fingerprint density at radius 3 is 2.42 bits per heavy atom. The molecule has 0 spiro atoms. The molecular formula is C20H25NO3. The molecule has 0 radical (unpaired) electrons. The summed E-state index contributed by atoms with van der Waals surface area (Å²) >= 11 is 0.